The first-order valence-corrected chi connectivity index (χ1v) is 6.67. The van der Waals surface area contributed by atoms with Crippen molar-refractivity contribution in [2.45, 2.75) is 6.04 Å². The fraction of sp³-hybridized carbons (Fsp3) is 0.583. The minimum Gasteiger partial charge on any atom is -0.396 e. The van der Waals surface area contributed by atoms with Crippen LogP contribution in [0.1, 0.15) is 6.04 Å². The van der Waals surface area contributed by atoms with E-state index in [9.17, 15) is 20.1 Å². The SMILES string of the molecule is Nc1nc2c(ncn2[C@H]2[C@H](CO)[C@@H](CO)[C@@H]2CO)c(=O)[nH]1. The lowest BCUT2D eigenvalue weighted by Gasteiger charge is -2.50. The van der Waals surface area contributed by atoms with Gasteiger partial charge in [0.15, 0.2) is 11.2 Å². The Labute approximate surface area is 119 Å². The first-order chi connectivity index (χ1) is 10.1. The van der Waals surface area contributed by atoms with Gasteiger partial charge in [0.25, 0.3) is 5.56 Å². The Hall–Kier alpha value is -1.97. The number of rotatable bonds is 4. The number of aromatic amines is 1. The molecule has 1 fully saturated rings. The molecule has 9 heteroatoms. The number of nitrogens with two attached hydrogens (primary N) is 1. The molecule has 21 heavy (non-hydrogen) atoms. The van der Waals surface area contributed by atoms with E-state index in [4.69, 9.17) is 5.73 Å². The van der Waals surface area contributed by atoms with Crippen molar-refractivity contribution in [3.05, 3.63) is 16.7 Å². The molecule has 1 saturated carbocycles. The summed E-state index contributed by atoms with van der Waals surface area (Å²) in [5, 5.41) is 28.4. The summed E-state index contributed by atoms with van der Waals surface area (Å²) in [5.74, 6) is -0.672. The molecule has 2 aromatic heterocycles. The highest BCUT2D eigenvalue weighted by Gasteiger charge is 2.50. The summed E-state index contributed by atoms with van der Waals surface area (Å²) in [5.41, 5.74) is 5.59. The third-order valence-electron chi connectivity index (χ3n) is 4.38. The van der Waals surface area contributed by atoms with Crippen molar-refractivity contribution in [2.24, 2.45) is 17.8 Å². The topological polar surface area (TPSA) is 150 Å². The molecule has 9 nitrogen and oxygen atoms in total. The minimum absolute atomic E-state index is 0.0200. The lowest BCUT2D eigenvalue weighted by Crippen LogP contribution is -2.52. The van der Waals surface area contributed by atoms with Crippen LogP contribution >= 0.6 is 0 Å². The number of nitrogens with zero attached hydrogens (tertiary/aromatic N) is 3. The van der Waals surface area contributed by atoms with Gasteiger partial charge in [-0.3, -0.25) is 9.78 Å². The predicted molar refractivity (Wildman–Crippen MR) is 73.3 cm³/mol. The molecule has 0 radical (unpaired) electrons. The van der Waals surface area contributed by atoms with Crippen LogP contribution in [0.25, 0.3) is 11.2 Å². The maximum Gasteiger partial charge on any atom is 0.280 e. The molecule has 1 aliphatic rings. The largest absolute Gasteiger partial charge is 0.396 e. The number of H-pyrrole nitrogens is 1. The summed E-state index contributed by atoms with van der Waals surface area (Å²) in [6.07, 6.45) is 1.45. The summed E-state index contributed by atoms with van der Waals surface area (Å²) in [7, 11) is 0. The van der Waals surface area contributed by atoms with Crippen LogP contribution in [0.5, 0.6) is 0 Å². The van der Waals surface area contributed by atoms with Crippen LogP contribution in [0.4, 0.5) is 5.95 Å². The van der Waals surface area contributed by atoms with Gasteiger partial charge in [-0.25, -0.2) is 4.98 Å². The number of nitrogens with one attached hydrogen (secondary N) is 1. The monoisotopic (exact) mass is 295 g/mol. The normalized spacial score (nSPS) is 28.7. The van der Waals surface area contributed by atoms with Crippen molar-refractivity contribution >= 4 is 17.1 Å². The molecule has 114 valence electrons. The number of anilines is 1. The van der Waals surface area contributed by atoms with Crippen molar-refractivity contribution in [3.8, 4) is 0 Å². The van der Waals surface area contributed by atoms with E-state index in [0.717, 1.165) is 0 Å². The molecule has 2 heterocycles. The van der Waals surface area contributed by atoms with Crippen LogP contribution in [-0.2, 0) is 0 Å². The number of aliphatic hydroxyl groups excluding tert-OH is 3. The zero-order valence-corrected chi connectivity index (χ0v) is 11.2. The van der Waals surface area contributed by atoms with Crippen molar-refractivity contribution in [2.75, 3.05) is 25.6 Å². The fourth-order valence-corrected chi connectivity index (χ4v) is 3.33. The molecule has 6 N–H and O–H groups in total. The molecular formula is C12H17N5O4. The number of hydrogen-bond donors (Lipinski definition) is 5. The second-order valence-electron chi connectivity index (χ2n) is 5.31. The van der Waals surface area contributed by atoms with E-state index < -0.39 is 5.56 Å². The van der Waals surface area contributed by atoms with E-state index in [1.165, 1.54) is 6.33 Å². The third-order valence-corrected chi connectivity index (χ3v) is 4.38. The van der Waals surface area contributed by atoms with E-state index in [0.29, 0.717) is 5.65 Å². The summed E-state index contributed by atoms with van der Waals surface area (Å²) < 4.78 is 1.65. The molecule has 0 bridgehead atoms. The predicted octanol–water partition coefficient (Wildman–Crippen LogP) is -1.92. The average molecular weight is 295 g/mol. The van der Waals surface area contributed by atoms with Crippen molar-refractivity contribution in [1.29, 1.82) is 0 Å². The molecule has 0 unspecified atom stereocenters. The lowest BCUT2D eigenvalue weighted by atomic mass is 9.61. The van der Waals surface area contributed by atoms with E-state index >= 15 is 0 Å². The van der Waals surface area contributed by atoms with Gasteiger partial charge in [0.05, 0.1) is 6.33 Å². The maximum atomic E-state index is 11.8. The molecule has 1 aliphatic carbocycles. The van der Waals surface area contributed by atoms with Crippen LogP contribution in [-0.4, -0.2) is 54.7 Å². The zero-order valence-electron chi connectivity index (χ0n) is 11.2. The second kappa shape index (κ2) is 5.10. The first-order valence-electron chi connectivity index (χ1n) is 6.67. The first kappa shape index (κ1) is 14.0. The van der Waals surface area contributed by atoms with Crippen molar-refractivity contribution in [3.63, 3.8) is 0 Å². The van der Waals surface area contributed by atoms with Gasteiger partial charge in [-0.2, -0.15) is 4.98 Å². The molecule has 0 aliphatic heterocycles. The third kappa shape index (κ3) is 1.93. The Bertz CT molecular complexity index is 699. The zero-order chi connectivity index (χ0) is 15.1. The maximum absolute atomic E-state index is 11.8. The van der Waals surface area contributed by atoms with Crippen molar-refractivity contribution in [1.82, 2.24) is 19.5 Å². The number of hydrogen-bond acceptors (Lipinski definition) is 7. The Morgan fingerprint density at radius 2 is 1.81 bits per heavy atom. The fourth-order valence-electron chi connectivity index (χ4n) is 3.33. The quantitative estimate of drug-likeness (QED) is 0.441. The molecular weight excluding hydrogens is 278 g/mol. The molecule has 0 spiro atoms. The Kier molecular flexibility index (Phi) is 3.40. The summed E-state index contributed by atoms with van der Waals surface area (Å²) >= 11 is 0. The molecule has 0 amide bonds. The summed E-state index contributed by atoms with van der Waals surface area (Å²) in [6, 6.07) is -0.282. The van der Waals surface area contributed by atoms with E-state index in [1.807, 2.05) is 0 Å². The van der Waals surface area contributed by atoms with Crippen LogP contribution in [0.3, 0.4) is 0 Å². The molecule has 2 aromatic rings. The Balaban J connectivity index is 2.09. The van der Waals surface area contributed by atoms with E-state index in [2.05, 4.69) is 15.0 Å². The molecule has 3 rings (SSSR count). The van der Waals surface area contributed by atoms with Gasteiger partial charge in [-0.05, 0) is 5.92 Å². The highest BCUT2D eigenvalue weighted by molar-refractivity contribution is 5.70. The second-order valence-corrected chi connectivity index (χ2v) is 5.31. The number of aromatic nitrogens is 4. The van der Waals surface area contributed by atoms with Crippen LogP contribution in [0.15, 0.2) is 11.1 Å². The van der Waals surface area contributed by atoms with Gasteiger partial charge in [0, 0.05) is 37.7 Å². The number of aliphatic hydroxyl groups is 3. The standard InChI is InChI=1S/C12H17N5O4/c13-12-15-10-8(11(21)16-12)14-4-17(10)9-6(2-19)5(1-18)7(9)3-20/h4-7,9,18-20H,1-3H2,(H3,13,15,16,21)/t5-,6-,7+,9+. The van der Waals surface area contributed by atoms with Crippen LogP contribution in [0.2, 0.25) is 0 Å². The molecule has 4 atom stereocenters. The van der Waals surface area contributed by atoms with E-state index in [1.54, 1.807) is 4.57 Å². The van der Waals surface area contributed by atoms with Gasteiger partial charge >= 0.3 is 0 Å². The lowest BCUT2D eigenvalue weighted by molar-refractivity contribution is -0.0899. The van der Waals surface area contributed by atoms with Crippen LogP contribution in [0, 0.1) is 17.8 Å². The minimum atomic E-state index is -0.435. The van der Waals surface area contributed by atoms with E-state index in [-0.39, 0.29) is 55.1 Å². The van der Waals surface area contributed by atoms with Gasteiger partial charge in [-0.15, -0.1) is 0 Å². The van der Waals surface area contributed by atoms with Gasteiger partial charge < -0.3 is 25.6 Å². The summed E-state index contributed by atoms with van der Waals surface area (Å²) in [6.45, 7) is -0.384. The highest BCUT2D eigenvalue weighted by atomic mass is 16.3. The molecule has 0 aromatic carbocycles. The highest BCUT2D eigenvalue weighted by Crippen LogP contribution is 2.49. The Morgan fingerprint density at radius 1 is 1.19 bits per heavy atom. The number of imidazole rings is 1. The molecule has 0 saturated heterocycles. The Morgan fingerprint density at radius 3 is 2.38 bits per heavy atom. The van der Waals surface area contributed by atoms with Gasteiger partial charge in [0.2, 0.25) is 5.95 Å². The van der Waals surface area contributed by atoms with Crippen molar-refractivity contribution < 1.29 is 15.3 Å². The summed E-state index contributed by atoms with van der Waals surface area (Å²) in [4.78, 5) is 22.3. The number of fused-ring (bicyclic) bond motifs is 1. The van der Waals surface area contributed by atoms with Crippen LogP contribution < -0.4 is 11.3 Å². The smallest absolute Gasteiger partial charge is 0.280 e. The average Bonchev–Trinajstić information content (AvgIpc) is 2.83. The van der Waals surface area contributed by atoms with Gasteiger partial charge in [0.1, 0.15) is 0 Å². The number of nitrogen functional groups attached to an aromatic ring is 1. The van der Waals surface area contributed by atoms with Gasteiger partial charge in [-0.1, -0.05) is 0 Å².